The van der Waals surface area contributed by atoms with Gasteiger partial charge in [-0.2, -0.15) is 0 Å². The summed E-state index contributed by atoms with van der Waals surface area (Å²) in [6, 6.07) is 12.5. The number of aryl methyl sites for hydroxylation is 1. The van der Waals surface area contributed by atoms with Crippen LogP contribution in [0.25, 0.3) is 20.4 Å². The van der Waals surface area contributed by atoms with E-state index in [1.165, 1.54) is 21.8 Å². The van der Waals surface area contributed by atoms with Gasteiger partial charge >= 0.3 is 0 Å². The van der Waals surface area contributed by atoms with Gasteiger partial charge in [-0.25, -0.2) is 9.97 Å². The van der Waals surface area contributed by atoms with Gasteiger partial charge in [0.05, 0.1) is 20.4 Å². The molecule has 0 aliphatic carbocycles. The van der Waals surface area contributed by atoms with Crippen LogP contribution in [0.4, 0.5) is 5.13 Å². The van der Waals surface area contributed by atoms with Crippen LogP contribution in [0.2, 0.25) is 0 Å². The summed E-state index contributed by atoms with van der Waals surface area (Å²) in [4.78, 5) is 22.7. The van der Waals surface area contributed by atoms with Crippen LogP contribution < -0.4 is 5.32 Å². The number of hydrogen-bond acceptors (Lipinski definition) is 7. The Morgan fingerprint density at radius 1 is 1.04 bits per heavy atom. The fraction of sp³-hybridized carbons (Fsp3) is 0.250. The van der Waals surface area contributed by atoms with Crippen molar-refractivity contribution in [3.8, 4) is 0 Å². The summed E-state index contributed by atoms with van der Waals surface area (Å²) >= 11 is 6.65. The Labute approximate surface area is 180 Å². The van der Waals surface area contributed by atoms with Crippen LogP contribution in [-0.4, -0.2) is 27.9 Å². The first kappa shape index (κ1) is 19.7. The van der Waals surface area contributed by atoms with Crippen molar-refractivity contribution in [1.29, 1.82) is 0 Å². The van der Waals surface area contributed by atoms with Crippen molar-refractivity contribution in [3.05, 3.63) is 42.0 Å². The van der Waals surface area contributed by atoms with Crippen molar-refractivity contribution in [1.82, 2.24) is 9.97 Å². The maximum atomic E-state index is 12.3. The zero-order valence-corrected chi connectivity index (χ0v) is 18.8. The molecular formula is C20H19N3OS4. The zero-order chi connectivity index (χ0) is 19.5. The van der Waals surface area contributed by atoms with Crippen LogP contribution >= 0.6 is 46.2 Å². The summed E-state index contributed by atoms with van der Waals surface area (Å²) < 4.78 is 3.29. The standard InChI is InChI=1S/C20H19N3OS4/c1-12-5-7-13(8-6-12)26-11-3-4-16(24)23-19-21-14-9-10-15-18(17(14)27-19)28-20(22-15)25-2/h5-10H,3-4,11H2,1-2H3,(H,21,23,24). The second-order valence-electron chi connectivity index (χ2n) is 6.28. The van der Waals surface area contributed by atoms with E-state index in [0.717, 1.165) is 36.9 Å². The number of thiazole rings is 2. The van der Waals surface area contributed by atoms with Gasteiger partial charge in [0.1, 0.15) is 0 Å². The van der Waals surface area contributed by atoms with Gasteiger partial charge in [0.15, 0.2) is 9.47 Å². The fourth-order valence-corrected chi connectivity index (χ4v) is 6.26. The van der Waals surface area contributed by atoms with Crippen molar-refractivity contribution in [2.24, 2.45) is 0 Å². The summed E-state index contributed by atoms with van der Waals surface area (Å²) in [5, 5.41) is 3.63. The second kappa shape index (κ2) is 8.82. The number of amides is 1. The number of aromatic nitrogens is 2. The lowest BCUT2D eigenvalue weighted by Gasteiger charge is -2.03. The maximum Gasteiger partial charge on any atom is 0.226 e. The van der Waals surface area contributed by atoms with Gasteiger partial charge in [-0.1, -0.05) is 40.8 Å². The minimum atomic E-state index is 0.0221. The highest BCUT2D eigenvalue weighted by Crippen LogP contribution is 2.38. The summed E-state index contributed by atoms with van der Waals surface area (Å²) in [7, 11) is 0. The molecule has 1 N–H and O–H groups in total. The zero-order valence-electron chi connectivity index (χ0n) is 15.5. The Hall–Kier alpha value is -1.61. The maximum absolute atomic E-state index is 12.3. The van der Waals surface area contributed by atoms with Gasteiger partial charge in [0.25, 0.3) is 0 Å². The summed E-state index contributed by atoms with van der Waals surface area (Å²) in [6.07, 6.45) is 3.37. The number of carbonyl (C=O) groups is 1. The SMILES string of the molecule is CSc1nc2ccc3nc(NC(=O)CCCSc4ccc(C)cc4)sc3c2s1. The van der Waals surface area contributed by atoms with Crippen LogP contribution in [0.5, 0.6) is 0 Å². The number of nitrogens with one attached hydrogen (secondary N) is 1. The van der Waals surface area contributed by atoms with Gasteiger partial charge in [0, 0.05) is 11.3 Å². The molecule has 0 unspecified atom stereocenters. The molecule has 0 aliphatic heterocycles. The predicted octanol–water partition coefficient (Wildman–Crippen LogP) is 6.45. The van der Waals surface area contributed by atoms with E-state index in [1.54, 1.807) is 34.9 Å². The van der Waals surface area contributed by atoms with Crippen molar-refractivity contribution >= 4 is 77.7 Å². The molecule has 0 aliphatic rings. The Kier molecular flexibility index (Phi) is 6.20. The average Bonchev–Trinajstić information content (AvgIpc) is 3.29. The summed E-state index contributed by atoms with van der Waals surface area (Å²) in [5.41, 5.74) is 3.18. The number of anilines is 1. The molecule has 0 spiro atoms. The quantitative estimate of drug-likeness (QED) is 0.262. The molecule has 0 atom stereocenters. The molecule has 0 fully saturated rings. The van der Waals surface area contributed by atoms with Crippen molar-refractivity contribution in [2.45, 2.75) is 29.0 Å². The van der Waals surface area contributed by atoms with Crippen LogP contribution in [0, 0.1) is 6.92 Å². The monoisotopic (exact) mass is 445 g/mol. The third-order valence-corrected chi connectivity index (χ3v) is 8.46. The number of hydrogen-bond donors (Lipinski definition) is 1. The Morgan fingerprint density at radius 2 is 1.75 bits per heavy atom. The van der Waals surface area contributed by atoms with E-state index < -0.39 is 0 Å². The van der Waals surface area contributed by atoms with Gasteiger partial charge in [0.2, 0.25) is 5.91 Å². The van der Waals surface area contributed by atoms with Crippen LogP contribution in [-0.2, 0) is 4.79 Å². The van der Waals surface area contributed by atoms with Crippen molar-refractivity contribution in [3.63, 3.8) is 0 Å². The number of thioether (sulfide) groups is 2. The number of carbonyl (C=O) groups excluding carboxylic acids is 1. The normalized spacial score (nSPS) is 11.4. The molecule has 2 aromatic heterocycles. The number of benzene rings is 2. The number of nitrogens with zero attached hydrogens (tertiary/aromatic N) is 2. The lowest BCUT2D eigenvalue weighted by molar-refractivity contribution is -0.116. The smallest absolute Gasteiger partial charge is 0.226 e. The van der Waals surface area contributed by atoms with Gasteiger partial charge < -0.3 is 5.32 Å². The first-order chi connectivity index (χ1) is 13.6. The Morgan fingerprint density at radius 3 is 2.50 bits per heavy atom. The van der Waals surface area contributed by atoms with Gasteiger partial charge in [-0.05, 0) is 49.6 Å². The van der Waals surface area contributed by atoms with E-state index in [0.29, 0.717) is 11.6 Å². The van der Waals surface area contributed by atoms with Crippen LogP contribution in [0.3, 0.4) is 0 Å². The summed E-state index contributed by atoms with van der Waals surface area (Å²) in [6.45, 7) is 2.09. The van der Waals surface area contributed by atoms with Gasteiger partial charge in [-0.3, -0.25) is 4.79 Å². The third kappa shape index (κ3) is 4.51. The minimum Gasteiger partial charge on any atom is -0.302 e. The predicted molar refractivity (Wildman–Crippen MR) is 124 cm³/mol. The Bertz CT molecular complexity index is 1120. The van der Waals surface area contributed by atoms with Crippen LogP contribution in [0.15, 0.2) is 45.6 Å². The minimum absolute atomic E-state index is 0.0221. The summed E-state index contributed by atoms with van der Waals surface area (Å²) in [5.74, 6) is 0.948. The molecule has 4 nitrogen and oxygen atoms in total. The molecule has 2 heterocycles. The molecule has 1 amide bonds. The highest BCUT2D eigenvalue weighted by Gasteiger charge is 2.13. The van der Waals surface area contributed by atoms with Gasteiger partial charge in [-0.15, -0.1) is 23.1 Å². The molecule has 0 bridgehead atoms. The van der Waals surface area contributed by atoms with Crippen LogP contribution in [0.1, 0.15) is 18.4 Å². The average molecular weight is 446 g/mol. The number of fused-ring (bicyclic) bond motifs is 3. The first-order valence-corrected chi connectivity index (χ1v) is 12.7. The van der Waals surface area contributed by atoms with E-state index >= 15 is 0 Å². The third-order valence-electron chi connectivity index (χ3n) is 4.15. The molecule has 4 aromatic rings. The molecular weight excluding hydrogens is 427 g/mol. The molecule has 8 heteroatoms. The molecule has 0 radical (unpaired) electrons. The largest absolute Gasteiger partial charge is 0.302 e. The van der Waals surface area contributed by atoms with E-state index in [-0.39, 0.29) is 5.91 Å². The highest BCUT2D eigenvalue weighted by atomic mass is 32.2. The fourth-order valence-electron chi connectivity index (χ4n) is 2.73. The molecule has 144 valence electrons. The first-order valence-electron chi connectivity index (χ1n) is 8.86. The van der Waals surface area contributed by atoms with E-state index in [9.17, 15) is 4.79 Å². The number of rotatable bonds is 7. The van der Waals surface area contributed by atoms with E-state index in [2.05, 4.69) is 46.5 Å². The van der Waals surface area contributed by atoms with Crippen molar-refractivity contribution < 1.29 is 4.79 Å². The van der Waals surface area contributed by atoms with E-state index in [1.807, 2.05) is 18.4 Å². The molecule has 2 aromatic carbocycles. The second-order valence-corrected chi connectivity index (χ2v) is 10.5. The Balaban J connectivity index is 1.35. The topological polar surface area (TPSA) is 54.9 Å². The molecule has 0 saturated carbocycles. The lowest BCUT2D eigenvalue weighted by Crippen LogP contribution is -2.11. The molecule has 0 saturated heterocycles. The lowest BCUT2D eigenvalue weighted by atomic mass is 10.2. The molecule has 28 heavy (non-hydrogen) atoms. The highest BCUT2D eigenvalue weighted by molar-refractivity contribution is 8.00. The molecule has 4 rings (SSSR count). The van der Waals surface area contributed by atoms with E-state index in [4.69, 9.17) is 0 Å². The van der Waals surface area contributed by atoms with Crippen molar-refractivity contribution in [2.75, 3.05) is 17.3 Å².